The highest BCUT2D eigenvalue weighted by molar-refractivity contribution is 9.10. The third-order valence-corrected chi connectivity index (χ3v) is 4.20. The normalized spacial score (nSPS) is 21.0. The van der Waals surface area contributed by atoms with E-state index >= 15 is 0 Å². The lowest BCUT2D eigenvalue weighted by atomic mass is 10.1. The largest absolute Gasteiger partial charge is 0.497 e. The molecule has 0 saturated carbocycles. The first kappa shape index (κ1) is 14.1. The highest BCUT2D eigenvalue weighted by Gasteiger charge is 2.32. The molecule has 0 N–H and O–H groups in total. The average molecular weight is 350 g/mol. The van der Waals surface area contributed by atoms with Crippen molar-refractivity contribution < 1.29 is 9.57 Å². The Balaban J connectivity index is 2.06. The molecule has 0 radical (unpaired) electrons. The minimum Gasteiger partial charge on any atom is -0.497 e. The van der Waals surface area contributed by atoms with Crippen LogP contribution < -0.4 is 4.74 Å². The van der Waals surface area contributed by atoms with E-state index in [1.807, 2.05) is 38.1 Å². The van der Waals surface area contributed by atoms with Crippen molar-refractivity contribution in [2.24, 2.45) is 5.16 Å². The van der Waals surface area contributed by atoms with Gasteiger partial charge in [0.25, 0.3) is 0 Å². The van der Waals surface area contributed by atoms with Crippen molar-refractivity contribution in [2.75, 3.05) is 7.11 Å². The Morgan fingerprint density at radius 3 is 2.57 bits per heavy atom. The van der Waals surface area contributed by atoms with Gasteiger partial charge < -0.3 is 14.1 Å². The number of methoxy groups -OCH3 is 1. The van der Waals surface area contributed by atoms with Crippen molar-refractivity contribution in [3.8, 4) is 17.1 Å². The Labute approximate surface area is 131 Å². The molecule has 1 aromatic carbocycles. The number of halogens is 1. The summed E-state index contributed by atoms with van der Waals surface area (Å²) in [6.45, 7) is 3.98. The summed E-state index contributed by atoms with van der Waals surface area (Å²) in [5.74, 6) is 1.70. The van der Waals surface area contributed by atoms with E-state index in [2.05, 4.69) is 30.6 Å². The maximum Gasteiger partial charge on any atom is 0.150 e. The Bertz CT molecular complexity index is 679. The van der Waals surface area contributed by atoms with Crippen LogP contribution in [0.25, 0.3) is 11.4 Å². The van der Waals surface area contributed by atoms with Crippen molar-refractivity contribution in [3.63, 3.8) is 0 Å². The molecular formula is C15H16BrN3O2. The second kappa shape index (κ2) is 5.52. The van der Waals surface area contributed by atoms with Gasteiger partial charge in [0.2, 0.25) is 0 Å². The van der Waals surface area contributed by atoms with Crippen molar-refractivity contribution >= 4 is 21.6 Å². The van der Waals surface area contributed by atoms with Gasteiger partial charge in [-0.25, -0.2) is 4.98 Å². The zero-order valence-corrected chi connectivity index (χ0v) is 13.7. The highest BCUT2D eigenvalue weighted by atomic mass is 79.9. The molecule has 110 valence electrons. The number of hydrogen-bond donors (Lipinski definition) is 0. The molecule has 3 rings (SSSR count). The highest BCUT2D eigenvalue weighted by Crippen LogP contribution is 2.33. The summed E-state index contributed by atoms with van der Waals surface area (Å²) in [4.78, 5) is 9.90. The predicted molar refractivity (Wildman–Crippen MR) is 84.6 cm³/mol. The van der Waals surface area contributed by atoms with Crippen molar-refractivity contribution in [1.82, 2.24) is 9.55 Å². The van der Waals surface area contributed by atoms with E-state index in [1.54, 1.807) is 13.3 Å². The number of aromatic nitrogens is 2. The maximum absolute atomic E-state index is 5.38. The molecule has 1 aromatic heterocycles. The van der Waals surface area contributed by atoms with Gasteiger partial charge in [0.05, 0.1) is 19.0 Å². The van der Waals surface area contributed by atoms with Gasteiger partial charge in [0.1, 0.15) is 22.2 Å². The number of imidazole rings is 1. The Hall–Kier alpha value is -1.82. The van der Waals surface area contributed by atoms with Gasteiger partial charge in [0.15, 0.2) is 6.10 Å². The van der Waals surface area contributed by atoms with Crippen LogP contribution in [0.2, 0.25) is 0 Å². The third-order valence-electron chi connectivity index (χ3n) is 3.61. The first-order valence-corrected chi connectivity index (χ1v) is 7.48. The summed E-state index contributed by atoms with van der Waals surface area (Å²) in [7, 11) is 1.66. The van der Waals surface area contributed by atoms with Crippen LogP contribution in [0.5, 0.6) is 5.75 Å². The zero-order chi connectivity index (χ0) is 15.0. The number of rotatable bonds is 3. The van der Waals surface area contributed by atoms with E-state index in [0.717, 1.165) is 27.5 Å². The van der Waals surface area contributed by atoms with Crippen LogP contribution in [0, 0.1) is 0 Å². The van der Waals surface area contributed by atoms with Gasteiger partial charge in [-0.3, -0.25) is 0 Å². The number of benzene rings is 1. The molecular weight excluding hydrogens is 334 g/mol. The van der Waals surface area contributed by atoms with Crippen LogP contribution in [0.4, 0.5) is 0 Å². The number of nitrogens with zero attached hydrogens (tertiary/aromatic N) is 3. The molecule has 0 saturated heterocycles. The lowest BCUT2D eigenvalue weighted by Crippen LogP contribution is -2.24. The topological polar surface area (TPSA) is 48.6 Å². The first-order valence-electron chi connectivity index (χ1n) is 6.69. The molecule has 2 heterocycles. The van der Waals surface area contributed by atoms with Crippen LogP contribution in [0.1, 0.15) is 19.9 Å². The first-order chi connectivity index (χ1) is 10.1. The molecule has 0 spiro atoms. The molecule has 0 bridgehead atoms. The third kappa shape index (κ3) is 2.44. The van der Waals surface area contributed by atoms with E-state index in [0.29, 0.717) is 0 Å². The Morgan fingerprint density at radius 2 is 2.00 bits per heavy atom. The van der Waals surface area contributed by atoms with Crippen LogP contribution in [-0.4, -0.2) is 28.5 Å². The van der Waals surface area contributed by atoms with Gasteiger partial charge in [-0.05, 0) is 54.0 Å². The predicted octanol–water partition coefficient (Wildman–Crippen LogP) is 3.66. The number of oxime groups is 1. The average Bonchev–Trinajstić information content (AvgIpc) is 3.02. The molecule has 0 fully saturated rings. The van der Waals surface area contributed by atoms with E-state index in [4.69, 9.17) is 9.57 Å². The Kier molecular flexibility index (Phi) is 3.71. The second-order valence-corrected chi connectivity index (χ2v) is 5.80. The van der Waals surface area contributed by atoms with Crippen molar-refractivity contribution in [3.05, 3.63) is 35.1 Å². The minimum atomic E-state index is -0.0208. The zero-order valence-electron chi connectivity index (χ0n) is 12.1. The molecule has 6 heteroatoms. The molecule has 0 aliphatic carbocycles. The van der Waals surface area contributed by atoms with Gasteiger partial charge in [-0.2, -0.15) is 0 Å². The smallest absolute Gasteiger partial charge is 0.150 e. The van der Waals surface area contributed by atoms with E-state index < -0.39 is 0 Å². The molecule has 2 atom stereocenters. The summed E-state index contributed by atoms with van der Waals surface area (Å²) < 4.78 is 8.22. The summed E-state index contributed by atoms with van der Waals surface area (Å²) in [5, 5.41) is 4.09. The molecule has 2 aromatic rings. The summed E-state index contributed by atoms with van der Waals surface area (Å²) >= 11 is 3.57. The molecule has 5 nitrogen and oxygen atoms in total. The van der Waals surface area contributed by atoms with E-state index in [1.165, 1.54) is 0 Å². The van der Waals surface area contributed by atoms with Gasteiger partial charge in [0, 0.05) is 5.56 Å². The van der Waals surface area contributed by atoms with Crippen molar-refractivity contribution in [2.45, 2.75) is 26.0 Å². The molecule has 1 aliphatic rings. The SMILES string of the molecule is COc1ccc(-c2ncc(Br)n2C2C(C)=NOC2C)cc1. The number of hydrogen-bond acceptors (Lipinski definition) is 4. The van der Waals surface area contributed by atoms with Crippen LogP contribution in [0.15, 0.2) is 40.2 Å². The number of ether oxygens (including phenoxy) is 1. The fourth-order valence-electron chi connectivity index (χ4n) is 2.57. The Morgan fingerprint density at radius 1 is 1.29 bits per heavy atom. The summed E-state index contributed by atoms with van der Waals surface area (Å²) in [6, 6.07) is 7.89. The lowest BCUT2D eigenvalue weighted by Gasteiger charge is -2.19. The van der Waals surface area contributed by atoms with Crippen LogP contribution in [-0.2, 0) is 4.84 Å². The molecule has 0 amide bonds. The molecule has 21 heavy (non-hydrogen) atoms. The minimum absolute atomic E-state index is 0.0208. The standard InChI is InChI=1S/C15H16BrN3O2/c1-9-14(10(2)21-18-9)19-13(16)8-17-15(19)11-4-6-12(20-3)7-5-11/h4-8,10,14H,1-3H3. The van der Waals surface area contributed by atoms with Crippen LogP contribution >= 0.6 is 15.9 Å². The molecule has 2 unspecified atom stereocenters. The van der Waals surface area contributed by atoms with Gasteiger partial charge >= 0.3 is 0 Å². The molecule has 1 aliphatic heterocycles. The fourth-order valence-corrected chi connectivity index (χ4v) is 3.06. The van der Waals surface area contributed by atoms with E-state index in [-0.39, 0.29) is 12.1 Å². The summed E-state index contributed by atoms with van der Waals surface area (Å²) in [6.07, 6.45) is 1.78. The van der Waals surface area contributed by atoms with Crippen LogP contribution in [0.3, 0.4) is 0 Å². The second-order valence-electron chi connectivity index (χ2n) is 4.99. The van der Waals surface area contributed by atoms with Gasteiger partial charge in [-0.15, -0.1) is 0 Å². The monoisotopic (exact) mass is 349 g/mol. The maximum atomic E-state index is 5.38. The van der Waals surface area contributed by atoms with Crippen molar-refractivity contribution in [1.29, 1.82) is 0 Å². The lowest BCUT2D eigenvalue weighted by molar-refractivity contribution is 0.0782. The van der Waals surface area contributed by atoms with Gasteiger partial charge in [-0.1, -0.05) is 5.16 Å². The summed E-state index contributed by atoms with van der Waals surface area (Å²) in [5.41, 5.74) is 1.96. The fraction of sp³-hybridized carbons (Fsp3) is 0.333. The van der Waals surface area contributed by atoms with E-state index in [9.17, 15) is 0 Å². The quantitative estimate of drug-likeness (QED) is 0.849.